The van der Waals surface area contributed by atoms with E-state index in [2.05, 4.69) is 14.8 Å². The Kier molecular flexibility index (Phi) is 4.92. The Morgan fingerprint density at radius 3 is 2.82 bits per heavy atom. The number of carbonyl (C=O) groups is 2. The molecule has 0 aliphatic heterocycles. The molecular weight excluding hydrogens is 228 g/mol. The maximum atomic E-state index is 11.3. The molecule has 0 aliphatic carbocycles. The Hall–Kier alpha value is -2.12. The Balaban J connectivity index is 2.15. The van der Waals surface area contributed by atoms with Crippen LogP contribution in [0.3, 0.4) is 0 Å². The molecule has 0 amide bonds. The van der Waals surface area contributed by atoms with Gasteiger partial charge in [0.25, 0.3) is 0 Å². The van der Waals surface area contributed by atoms with Crippen LogP contribution in [-0.2, 0) is 25.6 Å². The Morgan fingerprint density at radius 2 is 2.24 bits per heavy atom. The number of nitrogen functional groups attached to an aromatic ring is 1. The van der Waals surface area contributed by atoms with Crippen molar-refractivity contribution in [1.29, 1.82) is 0 Å². The third-order valence-electron chi connectivity index (χ3n) is 1.86. The monoisotopic (exact) mass is 242 g/mol. The number of hydrogen-bond donors (Lipinski definition) is 1. The highest BCUT2D eigenvalue weighted by molar-refractivity contribution is 5.70. The van der Waals surface area contributed by atoms with Crippen molar-refractivity contribution in [2.45, 2.75) is 19.4 Å². The molecule has 0 aliphatic rings. The quantitative estimate of drug-likeness (QED) is 0.521. The minimum absolute atomic E-state index is 0.0532. The zero-order valence-electron chi connectivity index (χ0n) is 9.46. The van der Waals surface area contributed by atoms with Crippen LogP contribution in [0.15, 0.2) is 6.33 Å². The summed E-state index contributed by atoms with van der Waals surface area (Å²) in [7, 11) is 1.31. The van der Waals surface area contributed by atoms with E-state index in [1.165, 1.54) is 18.1 Å². The van der Waals surface area contributed by atoms with Gasteiger partial charge in [-0.15, -0.1) is 5.10 Å². The van der Waals surface area contributed by atoms with Crippen LogP contribution in [0.2, 0.25) is 0 Å². The SMILES string of the molecule is COC(=O)CCCOC(=O)Cn1cnc(N)n1. The highest BCUT2D eigenvalue weighted by Gasteiger charge is 2.06. The molecule has 1 aromatic heterocycles. The number of nitrogens with two attached hydrogens (primary N) is 1. The lowest BCUT2D eigenvalue weighted by molar-refractivity contribution is -0.147. The number of hydrogen-bond acceptors (Lipinski definition) is 7. The van der Waals surface area contributed by atoms with Crippen LogP contribution < -0.4 is 5.73 Å². The van der Waals surface area contributed by atoms with Gasteiger partial charge in [-0.3, -0.25) is 9.59 Å². The first-order valence-electron chi connectivity index (χ1n) is 4.99. The summed E-state index contributed by atoms with van der Waals surface area (Å²) in [6.45, 7) is 0.112. The molecule has 8 heteroatoms. The van der Waals surface area contributed by atoms with Crippen LogP contribution in [-0.4, -0.2) is 40.4 Å². The summed E-state index contributed by atoms with van der Waals surface area (Å²) in [5.74, 6) is -0.687. The van der Waals surface area contributed by atoms with Crippen molar-refractivity contribution in [2.75, 3.05) is 19.5 Å². The maximum Gasteiger partial charge on any atom is 0.327 e. The number of anilines is 1. The molecule has 1 heterocycles. The molecule has 0 unspecified atom stereocenters. The molecule has 0 spiro atoms. The van der Waals surface area contributed by atoms with Crippen molar-refractivity contribution in [3.8, 4) is 0 Å². The van der Waals surface area contributed by atoms with E-state index in [1.54, 1.807) is 0 Å². The van der Waals surface area contributed by atoms with E-state index in [0.29, 0.717) is 6.42 Å². The molecule has 0 saturated heterocycles. The molecule has 0 bridgehead atoms. The number of carbonyl (C=O) groups excluding carboxylic acids is 2. The van der Waals surface area contributed by atoms with E-state index < -0.39 is 5.97 Å². The topological polar surface area (TPSA) is 109 Å². The molecule has 8 nitrogen and oxygen atoms in total. The molecule has 0 aromatic carbocycles. The van der Waals surface area contributed by atoms with Crippen molar-refractivity contribution in [2.24, 2.45) is 0 Å². The summed E-state index contributed by atoms with van der Waals surface area (Å²) in [6, 6.07) is 0. The highest BCUT2D eigenvalue weighted by atomic mass is 16.5. The Labute approximate surface area is 97.7 Å². The fourth-order valence-corrected chi connectivity index (χ4v) is 1.07. The standard InChI is InChI=1S/C9H14N4O4/c1-16-7(14)3-2-4-17-8(15)5-13-6-11-9(10)12-13/h6H,2-5H2,1H3,(H2,10,12). The number of methoxy groups -OCH3 is 1. The third-order valence-corrected chi connectivity index (χ3v) is 1.86. The van der Waals surface area contributed by atoms with Gasteiger partial charge in [0.2, 0.25) is 5.95 Å². The van der Waals surface area contributed by atoms with Crippen LogP contribution >= 0.6 is 0 Å². The first-order valence-corrected chi connectivity index (χ1v) is 4.99. The lowest BCUT2D eigenvalue weighted by Crippen LogP contribution is -2.15. The second-order valence-electron chi connectivity index (χ2n) is 3.20. The van der Waals surface area contributed by atoms with E-state index in [-0.39, 0.29) is 31.5 Å². The van der Waals surface area contributed by atoms with Crippen LogP contribution in [0, 0.1) is 0 Å². The van der Waals surface area contributed by atoms with Crippen molar-refractivity contribution in [1.82, 2.24) is 14.8 Å². The van der Waals surface area contributed by atoms with Gasteiger partial charge in [0, 0.05) is 6.42 Å². The van der Waals surface area contributed by atoms with E-state index >= 15 is 0 Å². The number of esters is 2. The van der Waals surface area contributed by atoms with E-state index in [0.717, 1.165) is 0 Å². The van der Waals surface area contributed by atoms with Gasteiger partial charge >= 0.3 is 11.9 Å². The molecule has 94 valence electrons. The van der Waals surface area contributed by atoms with Crippen molar-refractivity contribution in [3.63, 3.8) is 0 Å². The minimum Gasteiger partial charge on any atom is -0.469 e. The number of ether oxygens (including phenoxy) is 2. The lowest BCUT2D eigenvalue weighted by atomic mass is 10.3. The predicted molar refractivity (Wildman–Crippen MR) is 56.6 cm³/mol. The van der Waals surface area contributed by atoms with E-state index in [9.17, 15) is 9.59 Å². The molecule has 1 aromatic rings. The first kappa shape index (κ1) is 12.9. The van der Waals surface area contributed by atoms with Gasteiger partial charge < -0.3 is 15.2 Å². The normalized spacial score (nSPS) is 9.94. The van der Waals surface area contributed by atoms with E-state index in [4.69, 9.17) is 10.5 Å². The largest absolute Gasteiger partial charge is 0.469 e. The van der Waals surface area contributed by atoms with Crippen LogP contribution in [0.25, 0.3) is 0 Å². The number of rotatable bonds is 6. The summed E-state index contributed by atoms with van der Waals surface area (Å²) >= 11 is 0. The highest BCUT2D eigenvalue weighted by Crippen LogP contribution is 1.95. The molecule has 17 heavy (non-hydrogen) atoms. The fraction of sp³-hybridized carbons (Fsp3) is 0.556. The molecule has 0 fully saturated rings. The summed E-state index contributed by atoms with van der Waals surface area (Å²) in [4.78, 5) is 25.7. The van der Waals surface area contributed by atoms with Gasteiger partial charge in [0.15, 0.2) is 0 Å². The van der Waals surface area contributed by atoms with Crippen molar-refractivity contribution >= 4 is 17.9 Å². The van der Waals surface area contributed by atoms with E-state index in [1.807, 2.05) is 0 Å². The molecule has 1 rings (SSSR count). The summed E-state index contributed by atoms with van der Waals surface area (Å²) < 4.78 is 10.6. The van der Waals surface area contributed by atoms with Crippen molar-refractivity contribution < 1.29 is 19.1 Å². The predicted octanol–water partition coefficient (Wildman–Crippen LogP) is -0.643. The third kappa shape index (κ3) is 4.96. The second-order valence-corrected chi connectivity index (χ2v) is 3.20. The van der Waals surface area contributed by atoms with Gasteiger partial charge in [-0.2, -0.15) is 0 Å². The number of aromatic nitrogens is 3. The van der Waals surface area contributed by atoms with Crippen LogP contribution in [0.5, 0.6) is 0 Å². The minimum atomic E-state index is -0.459. The van der Waals surface area contributed by atoms with Gasteiger partial charge in [0.05, 0.1) is 13.7 Å². The van der Waals surface area contributed by atoms with Gasteiger partial charge in [-0.1, -0.05) is 0 Å². The zero-order chi connectivity index (χ0) is 12.7. The Bertz CT molecular complexity index is 390. The van der Waals surface area contributed by atoms with Crippen molar-refractivity contribution in [3.05, 3.63) is 6.33 Å². The summed E-state index contributed by atoms with van der Waals surface area (Å²) in [5.41, 5.74) is 5.28. The van der Waals surface area contributed by atoms with Crippen LogP contribution in [0.4, 0.5) is 5.95 Å². The lowest BCUT2D eigenvalue weighted by Gasteiger charge is -2.03. The maximum absolute atomic E-state index is 11.3. The van der Waals surface area contributed by atoms with Gasteiger partial charge in [-0.25, -0.2) is 9.67 Å². The van der Waals surface area contributed by atoms with Gasteiger partial charge in [0.1, 0.15) is 12.9 Å². The Morgan fingerprint density at radius 1 is 1.47 bits per heavy atom. The summed E-state index contributed by atoms with van der Waals surface area (Å²) in [5, 5.41) is 3.73. The zero-order valence-corrected chi connectivity index (χ0v) is 9.46. The second kappa shape index (κ2) is 6.46. The molecule has 0 saturated carbocycles. The fourth-order valence-electron chi connectivity index (χ4n) is 1.07. The molecule has 2 N–H and O–H groups in total. The molecular formula is C9H14N4O4. The number of nitrogens with zero attached hydrogens (tertiary/aromatic N) is 3. The average Bonchev–Trinajstić information content (AvgIpc) is 2.69. The molecule has 0 atom stereocenters. The van der Waals surface area contributed by atoms with Crippen LogP contribution in [0.1, 0.15) is 12.8 Å². The molecule has 0 radical (unpaired) electrons. The smallest absolute Gasteiger partial charge is 0.327 e. The first-order chi connectivity index (χ1) is 8.11. The van der Waals surface area contributed by atoms with Gasteiger partial charge in [-0.05, 0) is 6.42 Å². The average molecular weight is 242 g/mol. The summed E-state index contributed by atoms with van der Waals surface area (Å²) in [6.07, 6.45) is 1.99.